The molecule has 2 unspecified atom stereocenters. The molecule has 1 aliphatic carbocycles. The maximum absolute atomic E-state index is 12.1. The molecule has 4 nitrogen and oxygen atoms in total. The van der Waals surface area contributed by atoms with Gasteiger partial charge in [0, 0.05) is 23.5 Å². The molecule has 122 valence electrons. The predicted molar refractivity (Wildman–Crippen MR) is 87.9 cm³/mol. The number of nitrogens with zero attached hydrogens (tertiary/aromatic N) is 2. The predicted octanol–water partition coefficient (Wildman–Crippen LogP) is 3.57. The van der Waals surface area contributed by atoms with Crippen LogP contribution in [-0.4, -0.2) is 35.5 Å². The van der Waals surface area contributed by atoms with Crippen LogP contribution in [0.25, 0.3) is 0 Å². The number of thiazole rings is 1. The first-order valence-corrected chi connectivity index (χ1v) is 9.25. The van der Waals surface area contributed by atoms with Crippen LogP contribution in [0.4, 0.5) is 0 Å². The topological polar surface area (TPSA) is 42.4 Å². The Hall–Kier alpha value is -0.940. The van der Waals surface area contributed by atoms with E-state index < -0.39 is 0 Å². The van der Waals surface area contributed by atoms with Gasteiger partial charge in [-0.2, -0.15) is 0 Å². The second kappa shape index (κ2) is 7.09. The molecule has 1 aromatic rings. The van der Waals surface area contributed by atoms with Crippen LogP contribution in [0.2, 0.25) is 0 Å². The summed E-state index contributed by atoms with van der Waals surface area (Å²) in [6, 6.07) is -0.0919. The highest BCUT2D eigenvalue weighted by Crippen LogP contribution is 2.36. The number of methoxy groups -OCH3 is 1. The van der Waals surface area contributed by atoms with Crippen LogP contribution < -0.4 is 0 Å². The van der Waals surface area contributed by atoms with Crippen molar-refractivity contribution >= 4 is 17.3 Å². The molecule has 2 aliphatic rings. The van der Waals surface area contributed by atoms with Gasteiger partial charge in [0.05, 0.1) is 12.1 Å². The zero-order valence-electron chi connectivity index (χ0n) is 13.6. The van der Waals surface area contributed by atoms with Gasteiger partial charge in [0.15, 0.2) is 0 Å². The molecule has 22 heavy (non-hydrogen) atoms. The van der Waals surface area contributed by atoms with Crippen molar-refractivity contribution in [1.29, 1.82) is 0 Å². The van der Waals surface area contributed by atoms with E-state index in [0.29, 0.717) is 11.8 Å². The maximum atomic E-state index is 12.1. The smallest absolute Gasteiger partial charge is 0.323 e. The van der Waals surface area contributed by atoms with Crippen LogP contribution in [0.15, 0.2) is 6.20 Å². The highest BCUT2D eigenvalue weighted by Gasteiger charge is 2.33. The molecule has 0 N–H and O–H groups in total. The van der Waals surface area contributed by atoms with E-state index in [0.717, 1.165) is 25.9 Å². The SMILES string of the molecule is COC(=O)C1CC(C)CCN1Cc1cnc(C2CCCC2)s1. The van der Waals surface area contributed by atoms with E-state index in [9.17, 15) is 4.79 Å². The van der Waals surface area contributed by atoms with Crippen LogP contribution in [0.1, 0.15) is 61.3 Å². The molecule has 0 radical (unpaired) electrons. The zero-order valence-corrected chi connectivity index (χ0v) is 14.4. The summed E-state index contributed by atoms with van der Waals surface area (Å²) in [4.78, 5) is 20.3. The number of likely N-dealkylation sites (tertiary alicyclic amines) is 1. The summed E-state index contributed by atoms with van der Waals surface area (Å²) in [6.45, 7) is 4.02. The second-order valence-corrected chi connectivity index (χ2v) is 7.93. The largest absolute Gasteiger partial charge is 0.468 e. The monoisotopic (exact) mass is 322 g/mol. The van der Waals surface area contributed by atoms with Crippen molar-refractivity contribution < 1.29 is 9.53 Å². The average molecular weight is 322 g/mol. The lowest BCUT2D eigenvalue weighted by Crippen LogP contribution is -2.46. The van der Waals surface area contributed by atoms with E-state index in [4.69, 9.17) is 4.74 Å². The molecule has 2 fully saturated rings. The Morgan fingerprint density at radius 3 is 2.91 bits per heavy atom. The minimum Gasteiger partial charge on any atom is -0.468 e. The van der Waals surface area contributed by atoms with Gasteiger partial charge >= 0.3 is 5.97 Å². The number of hydrogen-bond donors (Lipinski definition) is 0. The van der Waals surface area contributed by atoms with Crippen molar-refractivity contribution in [3.63, 3.8) is 0 Å². The molecule has 0 bridgehead atoms. The van der Waals surface area contributed by atoms with Crippen LogP contribution in [0, 0.1) is 5.92 Å². The first-order valence-electron chi connectivity index (χ1n) is 8.44. The molecule has 0 aromatic carbocycles. The second-order valence-electron chi connectivity index (χ2n) is 6.79. The first kappa shape index (κ1) is 15.9. The van der Waals surface area contributed by atoms with E-state index in [-0.39, 0.29) is 12.0 Å². The summed E-state index contributed by atoms with van der Waals surface area (Å²) in [6.07, 6.45) is 9.34. The molecule has 1 aromatic heterocycles. The summed E-state index contributed by atoms with van der Waals surface area (Å²) in [7, 11) is 1.49. The van der Waals surface area contributed by atoms with Crippen molar-refractivity contribution in [1.82, 2.24) is 9.88 Å². The van der Waals surface area contributed by atoms with Crippen molar-refractivity contribution in [2.45, 2.75) is 64.0 Å². The van der Waals surface area contributed by atoms with E-state index in [1.807, 2.05) is 17.5 Å². The number of hydrogen-bond acceptors (Lipinski definition) is 5. The van der Waals surface area contributed by atoms with E-state index in [2.05, 4.69) is 16.8 Å². The highest BCUT2D eigenvalue weighted by atomic mass is 32.1. The summed E-state index contributed by atoms with van der Waals surface area (Å²) >= 11 is 1.84. The summed E-state index contributed by atoms with van der Waals surface area (Å²) in [5.41, 5.74) is 0. The molecule has 3 rings (SSSR count). The van der Waals surface area contributed by atoms with Gasteiger partial charge in [-0.3, -0.25) is 9.69 Å². The van der Waals surface area contributed by atoms with Gasteiger partial charge in [-0.15, -0.1) is 11.3 Å². The Bertz CT molecular complexity index is 511. The summed E-state index contributed by atoms with van der Waals surface area (Å²) in [5, 5.41) is 1.30. The lowest BCUT2D eigenvalue weighted by atomic mass is 9.92. The minimum atomic E-state index is -0.0919. The molecular formula is C17H26N2O2S. The first-order chi connectivity index (χ1) is 10.7. The maximum Gasteiger partial charge on any atom is 0.323 e. The van der Waals surface area contributed by atoms with Crippen LogP contribution in [-0.2, 0) is 16.1 Å². The molecule has 1 aliphatic heterocycles. The Labute approximate surface area is 136 Å². The van der Waals surface area contributed by atoms with Crippen LogP contribution in [0.3, 0.4) is 0 Å². The van der Waals surface area contributed by atoms with Gasteiger partial charge in [-0.1, -0.05) is 19.8 Å². The van der Waals surface area contributed by atoms with E-state index in [1.54, 1.807) is 0 Å². The number of esters is 1. The Morgan fingerprint density at radius 1 is 1.41 bits per heavy atom. The third kappa shape index (κ3) is 3.51. The van der Waals surface area contributed by atoms with Gasteiger partial charge in [-0.25, -0.2) is 4.98 Å². The normalized spacial score (nSPS) is 27.2. The number of piperidine rings is 1. The minimum absolute atomic E-state index is 0.0907. The standard InChI is InChI=1S/C17H26N2O2S/c1-12-7-8-19(15(9-12)17(20)21-2)11-14-10-18-16(22-14)13-5-3-4-6-13/h10,12-13,15H,3-9,11H2,1-2H3. The number of rotatable bonds is 4. The third-order valence-corrected chi connectivity index (χ3v) is 6.23. The Balaban J connectivity index is 1.66. The van der Waals surface area contributed by atoms with E-state index in [1.165, 1.54) is 42.7 Å². The highest BCUT2D eigenvalue weighted by molar-refractivity contribution is 7.11. The van der Waals surface area contributed by atoms with Crippen molar-refractivity contribution in [3.8, 4) is 0 Å². The molecule has 5 heteroatoms. The van der Waals surface area contributed by atoms with Gasteiger partial charge in [0.2, 0.25) is 0 Å². The summed E-state index contributed by atoms with van der Waals surface area (Å²) < 4.78 is 5.00. The lowest BCUT2D eigenvalue weighted by Gasteiger charge is -2.36. The fourth-order valence-corrected chi connectivity index (χ4v) is 4.83. The van der Waals surface area contributed by atoms with E-state index >= 15 is 0 Å². The summed E-state index contributed by atoms with van der Waals surface area (Å²) in [5.74, 6) is 1.18. The Kier molecular flexibility index (Phi) is 5.14. The van der Waals surface area contributed by atoms with Gasteiger partial charge in [0.25, 0.3) is 0 Å². The van der Waals surface area contributed by atoms with Gasteiger partial charge in [-0.05, 0) is 38.1 Å². The number of aromatic nitrogens is 1. The fraction of sp³-hybridized carbons (Fsp3) is 0.765. The van der Waals surface area contributed by atoms with Crippen molar-refractivity contribution in [2.24, 2.45) is 5.92 Å². The molecule has 0 amide bonds. The third-order valence-electron chi connectivity index (χ3n) is 5.08. The number of carbonyl (C=O) groups excluding carboxylic acids is 1. The van der Waals surface area contributed by atoms with Gasteiger partial charge in [0.1, 0.15) is 6.04 Å². The molecule has 0 spiro atoms. The van der Waals surface area contributed by atoms with Crippen molar-refractivity contribution in [2.75, 3.05) is 13.7 Å². The number of ether oxygens (including phenoxy) is 1. The molecule has 2 heterocycles. The van der Waals surface area contributed by atoms with Crippen LogP contribution >= 0.6 is 11.3 Å². The lowest BCUT2D eigenvalue weighted by molar-refractivity contribution is -0.149. The average Bonchev–Trinajstić information content (AvgIpc) is 3.19. The molecule has 1 saturated carbocycles. The quantitative estimate of drug-likeness (QED) is 0.795. The molecule has 1 saturated heterocycles. The number of carbonyl (C=O) groups is 1. The van der Waals surface area contributed by atoms with Crippen LogP contribution in [0.5, 0.6) is 0 Å². The Morgan fingerprint density at radius 2 is 2.18 bits per heavy atom. The zero-order chi connectivity index (χ0) is 15.5. The van der Waals surface area contributed by atoms with Crippen molar-refractivity contribution in [3.05, 3.63) is 16.1 Å². The molecular weight excluding hydrogens is 296 g/mol. The fourth-order valence-electron chi connectivity index (χ4n) is 3.72. The molecule has 2 atom stereocenters. The van der Waals surface area contributed by atoms with Gasteiger partial charge < -0.3 is 4.74 Å².